The van der Waals surface area contributed by atoms with Gasteiger partial charge in [0.1, 0.15) is 0 Å². The molecule has 2 rings (SSSR count). The lowest BCUT2D eigenvalue weighted by atomic mass is 9.96. The maximum atomic E-state index is 11.9. The van der Waals surface area contributed by atoms with Crippen molar-refractivity contribution in [1.82, 2.24) is 15.5 Å². The highest BCUT2D eigenvalue weighted by Gasteiger charge is 2.24. The summed E-state index contributed by atoms with van der Waals surface area (Å²) in [6.07, 6.45) is 4.34. The van der Waals surface area contributed by atoms with Crippen LogP contribution in [0.5, 0.6) is 0 Å². The molecule has 0 radical (unpaired) electrons. The van der Waals surface area contributed by atoms with Crippen molar-refractivity contribution in [3.63, 3.8) is 0 Å². The van der Waals surface area contributed by atoms with Crippen molar-refractivity contribution >= 4 is 5.91 Å². The van der Waals surface area contributed by atoms with Gasteiger partial charge in [0.2, 0.25) is 5.91 Å². The Balaban J connectivity index is 1.61. The van der Waals surface area contributed by atoms with Gasteiger partial charge in [0.05, 0.1) is 0 Å². The number of rotatable bonds is 5. The largest absolute Gasteiger partial charge is 0.356 e. The van der Waals surface area contributed by atoms with Crippen molar-refractivity contribution in [1.29, 1.82) is 0 Å². The molecule has 0 saturated carbocycles. The van der Waals surface area contributed by atoms with Crippen LogP contribution < -0.4 is 10.6 Å². The molecular formula is C15H29N3O. The molecule has 0 aromatic carbocycles. The van der Waals surface area contributed by atoms with Crippen LogP contribution >= 0.6 is 0 Å². The summed E-state index contributed by atoms with van der Waals surface area (Å²) < 4.78 is 0. The molecule has 4 nitrogen and oxygen atoms in total. The van der Waals surface area contributed by atoms with Gasteiger partial charge in [0.15, 0.2) is 0 Å². The molecule has 2 unspecified atom stereocenters. The van der Waals surface area contributed by atoms with Gasteiger partial charge in [-0.2, -0.15) is 0 Å². The van der Waals surface area contributed by atoms with Crippen molar-refractivity contribution in [2.45, 2.75) is 45.6 Å². The highest BCUT2D eigenvalue weighted by Crippen LogP contribution is 2.18. The zero-order chi connectivity index (χ0) is 13.7. The molecule has 4 heteroatoms. The van der Waals surface area contributed by atoms with Gasteiger partial charge in [0, 0.05) is 25.6 Å². The summed E-state index contributed by atoms with van der Waals surface area (Å²) in [6.45, 7) is 9.81. The molecule has 0 bridgehead atoms. The zero-order valence-electron chi connectivity index (χ0n) is 12.5. The SMILES string of the molecule is CC(C)N1CCC(CNC(=O)CC2CCCNC2)C1. The Kier molecular flexibility index (Phi) is 5.64. The Morgan fingerprint density at radius 1 is 1.37 bits per heavy atom. The second-order valence-electron chi connectivity index (χ2n) is 6.46. The lowest BCUT2D eigenvalue weighted by Crippen LogP contribution is -2.36. The molecular weight excluding hydrogens is 238 g/mol. The Bertz CT molecular complexity index is 287. The van der Waals surface area contributed by atoms with Gasteiger partial charge < -0.3 is 15.5 Å². The monoisotopic (exact) mass is 267 g/mol. The van der Waals surface area contributed by atoms with Gasteiger partial charge in [-0.25, -0.2) is 0 Å². The van der Waals surface area contributed by atoms with Crippen LogP contribution in [0, 0.1) is 11.8 Å². The van der Waals surface area contributed by atoms with Crippen molar-refractivity contribution in [3.05, 3.63) is 0 Å². The first kappa shape index (κ1) is 14.8. The van der Waals surface area contributed by atoms with Crippen molar-refractivity contribution in [3.8, 4) is 0 Å². The van der Waals surface area contributed by atoms with Crippen LogP contribution in [0.15, 0.2) is 0 Å². The quantitative estimate of drug-likeness (QED) is 0.787. The van der Waals surface area contributed by atoms with E-state index in [1.807, 2.05) is 0 Å². The highest BCUT2D eigenvalue weighted by molar-refractivity contribution is 5.76. The summed E-state index contributed by atoms with van der Waals surface area (Å²) in [5, 5.41) is 6.51. The van der Waals surface area contributed by atoms with E-state index in [0.717, 1.165) is 26.2 Å². The lowest BCUT2D eigenvalue weighted by molar-refractivity contribution is -0.122. The van der Waals surface area contributed by atoms with Gasteiger partial charge in [-0.1, -0.05) is 0 Å². The first-order valence-corrected chi connectivity index (χ1v) is 7.86. The van der Waals surface area contributed by atoms with Crippen LogP contribution in [0.4, 0.5) is 0 Å². The maximum Gasteiger partial charge on any atom is 0.220 e. The van der Waals surface area contributed by atoms with E-state index >= 15 is 0 Å². The summed E-state index contributed by atoms with van der Waals surface area (Å²) in [4.78, 5) is 14.4. The minimum absolute atomic E-state index is 0.247. The van der Waals surface area contributed by atoms with E-state index in [-0.39, 0.29) is 5.91 Å². The number of carbonyl (C=O) groups is 1. The molecule has 2 saturated heterocycles. The predicted molar refractivity (Wildman–Crippen MR) is 78.0 cm³/mol. The second kappa shape index (κ2) is 7.25. The molecule has 0 spiro atoms. The van der Waals surface area contributed by atoms with Gasteiger partial charge in [-0.05, 0) is 64.6 Å². The molecule has 19 heavy (non-hydrogen) atoms. The fraction of sp³-hybridized carbons (Fsp3) is 0.933. The number of hydrogen-bond donors (Lipinski definition) is 2. The van der Waals surface area contributed by atoms with E-state index in [4.69, 9.17) is 0 Å². The summed E-state index contributed by atoms with van der Waals surface area (Å²) in [5.41, 5.74) is 0. The summed E-state index contributed by atoms with van der Waals surface area (Å²) in [7, 11) is 0. The van der Waals surface area contributed by atoms with Crippen LogP contribution in [-0.2, 0) is 4.79 Å². The number of carbonyl (C=O) groups excluding carboxylic acids is 1. The number of piperidine rings is 1. The minimum Gasteiger partial charge on any atom is -0.356 e. The summed E-state index contributed by atoms with van der Waals surface area (Å²) in [6, 6.07) is 0.633. The van der Waals surface area contributed by atoms with E-state index in [1.54, 1.807) is 0 Å². The standard InChI is InChI=1S/C15H29N3O/c1-12(2)18-7-5-14(11-18)10-17-15(19)8-13-4-3-6-16-9-13/h12-14,16H,3-11H2,1-2H3,(H,17,19). The molecule has 0 aromatic rings. The number of amides is 1. The van der Waals surface area contributed by atoms with Crippen LogP contribution in [-0.4, -0.2) is 49.6 Å². The average molecular weight is 267 g/mol. The van der Waals surface area contributed by atoms with Gasteiger partial charge in [0.25, 0.3) is 0 Å². The number of nitrogens with zero attached hydrogens (tertiary/aromatic N) is 1. The minimum atomic E-state index is 0.247. The van der Waals surface area contributed by atoms with Gasteiger partial charge in [-0.15, -0.1) is 0 Å². The summed E-state index contributed by atoms with van der Waals surface area (Å²) >= 11 is 0. The second-order valence-corrected chi connectivity index (χ2v) is 6.46. The fourth-order valence-electron chi connectivity index (χ4n) is 3.19. The number of likely N-dealkylation sites (tertiary alicyclic amines) is 1. The van der Waals surface area contributed by atoms with Crippen LogP contribution in [0.1, 0.15) is 39.5 Å². The van der Waals surface area contributed by atoms with Crippen molar-refractivity contribution in [2.75, 3.05) is 32.7 Å². The van der Waals surface area contributed by atoms with E-state index in [2.05, 4.69) is 29.4 Å². The molecule has 0 aliphatic carbocycles. The Hall–Kier alpha value is -0.610. The number of hydrogen-bond acceptors (Lipinski definition) is 3. The van der Waals surface area contributed by atoms with Crippen LogP contribution in [0.2, 0.25) is 0 Å². The van der Waals surface area contributed by atoms with Crippen LogP contribution in [0.25, 0.3) is 0 Å². The third-order valence-electron chi connectivity index (χ3n) is 4.51. The average Bonchev–Trinajstić information content (AvgIpc) is 2.86. The molecule has 2 fully saturated rings. The first-order chi connectivity index (χ1) is 9.15. The van der Waals surface area contributed by atoms with E-state index in [0.29, 0.717) is 24.3 Å². The smallest absolute Gasteiger partial charge is 0.220 e. The predicted octanol–water partition coefficient (Wildman–Crippen LogP) is 1.22. The highest BCUT2D eigenvalue weighted by atomic mass is 16.1. The molecule has 2 N–H and O–H groups in total. The number of nitrogens with one attached hydrogen (secondary N) is 2. The van der Waals surface area contributed by atoms with E-state index < -0.39 is 0 Å². The van der Waals surface area contributed by atoms with Gasteiger partial charge in [-0.3, -0.25) is 4.79 Å². The Morgan fingerprint density at radius 2 is 2.21 bits per heavy atom. The van der Waals surface area contributed by atoms with Gasteiger partial charge >= 0.3 is 0 Å². The third-order valence-corrected chi connectivity index (χ3v) is 4.51. The fourth-order valence-corrected chi connectivity index (χ4v) is 3.19. The van der Waals surface area contributed by atoms with Crippen molar-refractivity contribution < 1.29 is 4.79 Å². The molecule has 2 atom stereocenters. The first-order valence-electron chi connectivity index (χ1n) is 7.86. The molecule has 1 amide bonds. The van der Waals surface area contributed by atoms with Crippen molar-refractivity contribution in [2.24, 2.45) is 11.8 Å². The zero-order valence-corrected chi connectivity index (χ0v) is 12.5. The molecule has 2 aliphatic rings. The topological polar surface area (TPSA) is 44.4 Å². The maximum absolute atomic E-state index is 11.9. The Morgan fingerprint density at radius 3 is 2.84 bits per heavy atom. The Labute approximate surface area is 117 Å². The third kappa shape index (κ3) is 4.77. The lowest BCUT2D eigenvalue weighted by Gasteiger charge is -2.23. The molecule has 0 aromatic heterocycles. The van der Waals surface area contributed by atoms with E-state index in [9.17, 15) is 4.79 Å². The molecule has 2 aliphatic heterocycles. The molecule has 110 valence electrons. The summed E-state index contributed by atoms with van der Waals surface area (Å²) in [5.74, 6) is 1.44. The molecule has 2 heterocycles. The van der Waals surface area contributed by atoms with E-state index in [1.165, 1.54) is 25.8 Å². The normalized spacial score (nSPS) is 28.8. The van der Waals surface area contributed by atoms with Crippen LogP contribution in [0.3, 0.4) is 0 Å².